The fourth-order valence-electron chi connectivity index (χ4n) is 3.34. The first-order chi connectivity index (χ1) is 19.9. The average Bonchev–Trinajstić information content (AvgIpc) is 3.02. The molecule has 0 aromatic heterocycles. The molecule has 1 amide bonds. The predicted molar refractivity (Wildman–Crippen MR) is 148 cm³/mol. The summed E-state index contributed by atoms with van der Waals surface area (Å²) in [5.41, 5.74) is 2.30. The van der Waals surface area contributed by atoms with Crippen molar-refractivity contribution in [2.75, 3.05) is 26.9 Å². The van der Waals surface area contributed by atoms with Gasteiger partial charge in [-0.15, -0.1) is 0 Å². The number of carbonyl (C=O) groups excluding carboxylic acids is 2. The summed E-state index contributed by atoms with van der Waals surface area (Å²) in [7, 11) is -3.22. The van der Waals surface area contributed by atoms with E-state index in [0.717, 1.165) is 18.2 Å². The summed E-state index contributed by atoms with van der Waals surface area (Å²) >= 11 is 0. The smallest absolute Gasteiger partial charge is 0.467 e. The number of phosphoric ester groups is 1. The minimum absolute atomic E-state index is 0.0330. The molecule has 0 heterocycles. The molecule has 220 valence electrons. The molecule has 0 bridgehead atoms. The maximum atomic E-state index is 13.6. The van der Waals surface area contributed by atoms with Crippen molar-refractivity contribution < 1.29 is 47.0 Å². The number of ether oxygens (including phenoxy) is 3. The molecule has 0 fully saturated rings. The third kappa shape index (κ3) is 11.8. The molecule has 0 aliphatic rings. The third-order valence-electron chi connectivity index (χ3n) is 5.57. The lowest BCUT2D eigenvalue weighted by Crippen LogP contribution is -2.44. The number of hydrogen-bond donors (Lipinski definition) is 2. The van der Waals surface area contributed by atoms with E-state index in [0.29, 0.717) is 5.56 Å². The van der Waals surface area contributed by atoms with Gasteiger partial charge in [0.2, 0.25) is 0 Å². The van der Waals surface area contributed by atoms with Crippen molar-refractivity contribution in [1.82, 2.24) is 5.32 Å². The molecule has 12 heteroatoms. The van der Waals surface area contributed by atoms with E-state index in [1.54, 1.807) is 48.5 Å². The molecule has 0 saturated carbocycles. The number of amides is 1. The molecule has 0 spiro atoms. The van der Waals surface area contributed by atoms with Gasteiger partial charge in [-0.05, 0) is 16.7 Å². The number of aliphatic hydroxyl groups excluding tert-OH is 1. The lowest BCUT2D eigenvalue weighted by molar-refractivity contribution is -0.143. The molecule has 3 aromatic rings. The number of phosphoric acid groups is 1. The van der Waals surface area contributed by atoms with E-state index in [1.165, 1.54) is 0 Å². The highest BCUT2D eigenvalue weighted by molar-refractivity contribution is 7.48. The highest BCUT2D eigenvalue weighted by Crippen LogP contribution is 2.50. The van der Waals surface area contributed by atoms with Gasteiger partial charge in [0.05, 0.1) is 40.1 Å². The number of benzene rings is 3. The van der Waals surface area contributed by atoms with Crippen LogP contribution in [-0.4, -0.2) is 56.2 Å². The molecule has 0 saturated heterocycles. The zero-order valence-electron chi connectivity index (χ0n) is 22.6. The number of carbonyl (C=O) groups is 2. The van der Waals surface area contributed by atoms with E-state index in [4.69, 9.17) is 27.8 Å². The van der Waals surface area contributed by atoms with Gasteiger partial charge in [-0.2, -0.15) is 0 Å². The van der Waals surface area contributed by atoms with E-state index in [9.17, 15) is 19.3 Å². The van der Waals surface area contributed by atoms with Crippen molar-refractivity contribution >= 4 is 19.9 Å². The SMILES string of the molecule is COC(=O)[C@H](COP(=O)(OCc1ccccc1)OC[C@@H](CO)OCc1ccccc1)NC(=O)OCc1ccccc1. The number of rotatable bonds is 17. The van der Waals surface area contributed by atoms with E-state index in [2.05, 4.69) is 5.32 Å². The lowest BCUT2D eigenvalue weighted by Gasteiger charge is -2.23. The monoisotopic (exact) mass is 587 g/mol. The van der Waals surface area contributed by atoms with Crippen molar-refractivity contribution in [3.63, 3.8) is 0 Å². The summed E-state index contributed by atoms with van der Waals surface area (Å²) in [6.07, 6.45) is -1.77. The Bertz CT molecular complexity index is 1230. The molecule has 3 atom stereocenters. The second kappa shape index (κ2) is 17.3. The van der Waals surface area contributed by atoms with Crippen molar-refractivity contribution in [2.45, 2.75) is 32.0 Å². The number of esters is 1. The Hall–Kier alpha value is -3.57. The Morgan fingerprint density at radius 2 is 1.27 bits per heavy atom. The van der Waals surface area contributed by atoms with Crippen LogP contribution in [0.15, 0.2) is 91.0 Å². The van der Waals surface area contributed by atoms with Crippen LogP contribution in [0, 0.1) is 0 Å². The molecule has 2 N–H and O–H groups in total. The number of nitrogens with one attached hydrogen (secondary N) is 1. The fraction of sp³-hybridized carbons (Fsp3) is 0.310. The van der Waals surface area contributed by atoms with Crippen LogP contribution < -0.4 is 5.32 Å². The normalized spacial score (nSPS) is 13.9. The van der Waals surface area contributed by atoms with Crippen LogP contribution >= 0.6 is 7.82 Å². The van der Waals surface area contributed by atoms with E-state index >= 15 is 0 Å². The van der Waals surface area contributed by atoms with Gasteiger partial charge < -0.3 is 24.6 Å². The Labute approximate surface area is 238 Å². The number of alkyl carbamates (subject to hydrolysis) is 1. The first-order valence-electron chi connectivity index (χ1n) is 12.8. The predicted octanol–water partition coefficient (Wildman–Crippen LogP) is 4.39. The molecule has 0 aliphatic heterocycles. The summed E-state index contributed by atoms with van der Waals surface area (Å²) in [6.45, 7) is -1.37. The average molecular weight is 588 g/mol. The molecule has 0 radical (unpaired) electrons. The molecular formula is C29H34NO10P. The summed E-state index contributed by atoms with van der Waals surface area (Å²) in [5.74, 6) is -0.865. The zero-order chi connectivity index (χ0) is 29.3. The summed E-state index contributed by atoms with van der Waals surface area (Å²) in [6, 6.07) is 25.8. The Morgan fingerprint density at radius 3 is 1.80 bits per heavy atom. The lowest BCUT2D eigenvalue weighted by atomic mass is 10.2. The standard InChI is InChI=1S/C29H34NO10P/c1-35-28(32)27(30-29(33)37-19-24-13-7-3-8-14-24)22-40-41(34,38-20-25-15-9-4-10-16-25)39-21-26(17-31)36-18-23-11-5-2-6-12-23/h2-16,26-27,31H,17-22H2,1H3,(H,30,33)/t26-,27+,41?/m1/s1. The fourth-order valence-corrected chi connectivity index (χ4v) is 4.55. The minimum atomic E-state index is -4.35. The van der Waals surface area contributed by atoms with Crippen molar-refractivity contribution in [3.05, 3.63) is 108 Å². The topological polar surface area (TPSA) is 139 Å². The van der Waals surface area contributed by atoms with E-state index < -0.39 is 45.2 Å². The van der Waals surface area contributed by atoms with Crippen LogP contribution in [-0.2, 0) is 57.0 Å². The van der Waals surface area contributed by atoms with E-state index in [-0.39, 0.29) is 26.4 Å². The molecule has 3 aromatic carbocycles. The number of aliphatic hydroxyl groups is 1. The third-order valence-corrected chi connectivity index (χ3v) is 6.95. The van der Waals surface area contributed by atoms with Crippen LogP contribution in [0.25, 0.3) is 0 Å². The Kier molecular flexibility index (Phi) is 13.5. The van der Waals surface area contributed by atoms with Crippen LogP contribution in [0.5, 0.6) is 0 Å². The summed E-state index contributed by atoms with van der Waals surface area (Å²) in [4.78, 5) is 24.7. The van der Waals surface area contributed by atoms with Crippen molar-refractivity contribution in [2.24, 2.45) is 0 Å². The van der Waals surface area contributed by atoms with Gasteiger partial charge in [0, 0.05) is 0 Å². The van der Waals surface area contributed by atoms with Crippen LogP contribution in [0.1, 0.15) is 16.7 Å². The molecule has 41 heavy (non-hydrogen) atoms. The van der Waals surface area contributed by atoms with Gasteiger partial charge in [-0.3, -0.25) is 13.6 Å². The van der Waals surface area contributed by atoms with Gasteiger partial charge in [0.25, 0.3) is 0 Å². The van der Waals surface area contributed by atoms with Gasteiger partial charge >= 0.3 is 19.9 Å². The maximum absolute atomic E-state index is 13.6. The van der Waals surface area contributed by atoms with Gasteiger partial charge in [0.1, 0.15) is 12.7 Å². The Balaban J connectivity index is 1.62. The van der Waals surface area contributed by atoms with Gasteiger partial charge in [-0.1, -0.05) is 91.0 Å². The van der Waals surface area contributed by atoms with Gasteiger partial charge in [-0.25, -0.2) is 14.2 Å². The molecule has 1 unspecified atom stereocenters. The second-order valence-electron chi connectivity index (χ2n) is 8.68. The quantitative estimate of drug-likeness (QED) is 0.173. The highest BCUT2D eigenvalue weighted by Gasteiger charge is 2.33. The van der Waals surface area contributed by atoms with Crippen LogP contribution in [0.2, 0.25) is 0 Å². The summed E-state index contributed by atoms with van der Waals surface area (Å²) in [5, 5.41) is 12.1. The molecule has 0 aliphatic carbocycles. The molecule has 11 nitrogen and oxygen atoms in total. The molecular weight excluding hydrogens is 553 g/mol. The van der Waals surface area contributed by atoms with Crippen molar-refractivity contribution in [1.29, 1.82) is 0 Å². The van der Waals surface area contributed by atoms with Crippen molar-refractivity contribution in [3.8, 4) is 0 Å². The molecule has 3 rings (SSSR count). The van der Waals surface area contributed by atoms with Crippen LogP contribution in [0.3, 0.4) is 0 Å². The summed E-state index contributed by atoms with van der Waals surface area (Å²) < 4.78 is 45.7. The largest absolute Gasteiger partial charge is 0.475 e. The van der Waals surface area contributed by atoms with Gasteiger partial charge in [0.15, 0.2) is 6.04 Å². The number of methoxy groups -OCH3 is 1. The van der Waals surface area contributed by atoms with Crippen LogP contribution in [0.4, 0.5) is 4.79 Å². The highest BCUT2D eigenvalue weighted by atomic mass is 31.2. The number of hydrogen-bond acceptors (Lipinski definition) is 10. The maximum Gasteiger partial charge on any atom is 0.475 e. The Morgan fingerprint density at radius 1 is 0.756 bits per heavy atom. The van der Waals surface area contributed by atoms with E-state index in [1.807, 2.05) is 42.5 Å². The zero-order valence-corrected chi connectivity index (χ0v) is 23.5. The first kappa shape index (κ1) is 32.0. The second-order valence-corrected chi connectivity index (χ2v) is 10.3. The first-order valence-corrected chi connectivity index (χ1v) is 14.3. The minimum Gasteiger partial charge on any atom is -0.467 e.